The van der Waals surface area contributed by atoms with E-state index in [1.165, 1.54) is 30.3 Å². The molecule has 22 heavy (non-hydrogen) atoms. The van der Waals surface area contributed by atoms with Crippen LogP contribution in [0.1, 0.15) is 0 Å². The number of para-hydroxylation sites is 3. The second-order valence-corrected chi connectivity index (χ2v) is 5.76. The molecule has 0 fully saturated rings. The number of hydrogen-bond acceptors (Lipinski definition) is 6. The normalized spacial score (nSPS) is 10.9. The van der Waals surface area contributed by atoms with Crippen molar-refractivity contribution in [3.05, 3.63) is 68.8 Å². The van der Waals surface area contributed by atoms with Crippen LogP contribution in [0.5, 0.6) is 0 Å². The average Bonchev–Trinajstić information content (AvgIpc) is 2.47. The number of hydrogen-bond donors (Lipinski definition) is 1. The zero-order chi connectivity index (χ0) is 16.3. The maximum atomic E-state index is 12.3. The predicted molar refractivity (Wildman–Crippen MR) is 77.0 cm³/mol. The van der Waals surface area contributed by atoms with E-state index >= 15 is 0 Å². The van der Waals surface area contributed by atoms with Crippen LogP contribution in [-0.2, 0) is 10.0 Å². The predicted octanol–water partition coefficient (Wildman–Crippen LogP) is 2.30. The van der Waals surface area contributed by atoms with Gasteiger partial charge in [0.05, 0.1) is 9.85 Å². The lowest BCUT2D eigenvalue weighted by Gasteiger charge is -2.08. The molecule has 0 spiro atoms. The number of anilines is 1. The zero-order valence-corrected chi connectivity index (χ0v) is 11.7. The molecule has 0 amide bonds. The maximum absolute atomic E-state index is 12.3. The lowest BCUT2D eigenvalue weighted by molar-refractivity contribution is -0.387. The third kappa shape index (κ3) is 3.01. The van der Waals surface area contributed by atoms with Gasteiger partial charge in [-0.05, 0) is 12.1 Å². The summed E-state index contributed by atoms with van der Waals surface area (Å²) in [4.78, 5) is 19.6. The van der Waals surface area contributed by atoms with E-state index in [1.807, 2.05) is 4.72 Å². The number of rotatable bonds is 5. The summed E-state index contributed by atoms with van der Waals surface area (Å²) in [5, 5.41) is 21.8. The van der Waals surface area contributed by atoms with E-state index in [0.29, 0.717) is 0 Å². The van der Waals surface area contributed by atoms with Crippen molar-refractivity contribution in [2.45, 2.75) is 4.90 Å². The number of sulfonamides is 1. The van der Waals surface area contributed by atoms with E-state index in [4.69, 9.17) is 0 Å². The standard InChI is InChI=1S/C12H9N3O6S/c16-14(17)10-6-2-1-5-9(10)13-22(20,21)12-8-4-3-7-11(12)15(18)19/h1-8,13H. The molecule has 10 heteroatoms. The summed E-state index contributed by atoms with van der Waals surface area (Å²) in [6.07, 6.45) is 0. The topological polar surface area (TPSA) is 132 Å². The van der Waals surface area contributed by atoms with E-state index in [9.17, 15) is 28.6 Å². The minimum absolute atomic E-state index is 0.273. The summed E-state index contributed by atoms with van der Waals surface area (Å²) in [7, 11) is -4.34. The highest BCUT2D eigenvalue weighted by molar-refractivity contribution is 7.92. The van der Waals surface area contributed by atoms with Gasteiger partial charge in [-0.1, -0.05) is 24.3 Å². The Morgan fingerprint density at radius 3 is 1.91 bits per heavy atom. The van der Waals surface area contributed by atoms with Crippen molar-refractivity contribution in [2.24, 2.45) is 0 Å². The van der Waals surface area contributed by atoms with Crippen molar-refractivity contribution in [2.75, 3.05) is 4.72 Å². The monoisotopic (exact) mass is 323 g/mol. The van der Waals surface area contributed by atoms with Gasteiger partial charge >= 0.3 is 0 Å². The van der Waals surface area contributed by atoms with Gasteiger partial charge in [0.25, 0.3) is 21.4 Å². The average molecular weight is 323 g/mol. The molecule has 0 aliphatic rings. The highest BCUT2D eigenvalue weighted by Gasteiger charge is 2.27. The molecule has 114 valence electrons. The van der Waals surface area contributed by atoms with Gasteiger partial charge in [0, 0.05) is 12.1 Å². The van der Waals surface area contributed by atoms with E-state index in [0.717, 1.165) is 18.2 Å². The van der Waals surface area contributed by atoms with Gasteiger partial charge in [-0.3, -0.25) is 25.0 Å². The van der Waals surface area contributed by atoms with Gasteiger partial charge in [-0.25, -0.2) is 8.42 Å². The van der Waals surface area contributed by atoms with Crippen LogP contribution in [0.15, 0.2) is 53.4 Å². The molecule has 0 saturated heterocycles. The van der Waals surface area contributed by atoms with Crippen molar-refractivity contribution in [3.63, 3.8) is 0 Å². The Labute approximate surface area is 124 Å². The SMILES string of the molecule is O=[N+]([O-])c1ccccc1NS(=O)(=O)c1ccccc1[N+](=O)[O-]. The van der Waals surface area contributed by atoms with Gasteiger partial charge in [0.1, 0.15) is 5.69 Å². The number of nitro benzene ring substituents is 2. The van der Waals surface area contributed by atoms with Crippen LogP contribution in [0.25, 0.3) is 0 Å². The number of nitrogens with one attached hydrogen (secondary N) is 1. The summed E-state index contributed by atoms with van der Waals surface area (Å²) in [6.45, 7) is 0. The molecule has 0 radical (unpaired) electrons. The Bertz CT molecular complexity index is 849. The van der Waals surface area contributed by atoms with Crippen LogP contribution in [0.3, 0.4) is 0 Å². The van der Waals surface area contributed by atoms with Gasteiger partial charge in [-0.2, -0.15) is 0 Å². The summed E-state index contributed by atoms with van der Waals surface area (Å²) >= 11 is 0. The minimum Gasteiger partial charge on any atom is -0.273 e. The first kappa shape index (κ1) is 15.4. The van der Waals surface area contributed by atoms with Crippen molar-refractivity contribution in [1.82, 2.24) is 0 Å². The molecule has 0 heterocycles. The fourth-order valence-electron chi connectivity index (χ4n) is 1.75. The molecule has 2 aromatic carbocycles. The molecule has 0 atom stereocenters. The Balaban J connectivity index is 2.50. The van der Waals surface area contributed by atoms with E-state index in [-0.39, 0.29) is 5.69 Å². The van der Waals surface area contributed by atoms with E-state index in [1.54, 1.807) is 0 Å². The molecular formula is C12H9N3O6S. The summed E-state index contributed by atoms with van der Waals surface area (Å²) in [5.41, 5.74) is -1.34. The molecule has 0 aliphatic carbocycles. The second kappa shape index (κ2) is 5.77. The maximum Gasteiger partial charge on any atom is 0.293 e. The van der Waals surface area contributed by atoms with Crippen molar-refractivity contribution < 1.29 is 18.3 Å². The van der Waals surface area contributed by atoms with Crippen LogP contribution in [-0.4, -0.2) is 18.3 Å². The van der Waals surface area contributed by atoms with Gasteiger partial charge < -0.3 is 0 Å². The highest BCUT2D eigenvalue weighted by atomic mass is 32.2. The lowest BCUT2D eigenvalue weighted by atomic mass is 10.3. The third-order valence-electron chi connectivity index (χ3n) is 2.70. The van der Waals surface area contributed by atoms with E-state index in [2.05, 4.69) is 0 Å². The van der Waals surface area contributed by atoms with Crippen molar-refractivity contribution >= 4 is 27.1 Å². The van der Waals surface area contributed by atoms with Crippen LogP contribution < -0.4 is 4.72 Å². The first-order chi connectivity index (χ1) is 10.3. The van der Waals surface area contributed by atoms with Crippen molar-refractivity contribution in [1.29, 1.82) is 0 Å². The third-order valence-corrected chi connectivity index (χ3v) is 4.11. The Hall–Kier alpha value is -3.01. The summed E-state index contributed by atoms with van der Waals surface area (Å²) in [5.74, 6) is 0. The number of nitrogens with zero attached hydrogens (tertiary/aromatic N) is 2. The Kier molecular flexibility index (Phi) is 4.04. The molecule has 0 bridgehead atoms. The molecule has 0 aromatic heterocycles. The highest BCUT2D eigenvalue weighted by Crippen LogP contribution is 2.29. The molecule has 1 N–H and O–H groups in total. The van der Waals surface area contributed by atoms with Crippen LogP contribution in [0.2, 0.25) is 0 Å². The second-order valence-electron chi connectivity index (χ2n) is 4.10. The molecule has 9 nitrogen and oxygen atoms in total. The van der Waals surface area contributed by atoms with Gasteiger partial charge in [0.2, 0.25) is 0 Å². The Morgan fingerprint density at radius 1 is 0.818 bits per heavy atom. The van der Waals surface area contributed by atoms with Crippen molar-refractivity contribution in [3.8, 4) is 0 Å². The first-order valence-electron chi connectivity index (χ1n) is 5.82. The number of nitro groups is 2. The smallest absolute Gasteiger partial charge is 0.273 e. The molecule has 0 unspecified atom stereocenters. The fraction of sp³-hybridized carbons (Fsp3) is 0. The zero-order valence-electron chi connectivity index (χ0n) is 10.9. The van der Waals surface area contributed by atoms with Crippen LogP contribution in [0, 0.1) is 20.2 Å². The lowest BCUT2D eigenvalue weighted by Crippen LogP contribution is -2.15. The largest absolute Gasteiger partial charge is 0.293 e. The molecule has 2 aromatic rings. The van der Waals surface area contributed by atoms with E-state index < -0.39 is 36.1 Å². The molecule has 0 saturated carbocycles. The fourth-order valence-corrected chi connectivity index (χ4v) is 3.00. The van der Waals surface area contributed by atoms with Crippen LogP contribution in [0.4, 0.5) is 17.1 Å². The van der Waals surface area contributed by atoms with Crippen LogP contribution >= 0.6 is 0 Å². The van der Waals surface area contributed by atoms with Gasteiger partial charge in [0.15, 0.2) is 4.90 Å². The minimum atomic E-state index is -4.34. The van der Waals surface area contributed by atoms with Gasteiger partial charge in [-0.15, -0.1) is 0 Å². The first-order valence-corrected chi connectivity index (χ1v) is 7.31. The molecule has 2 rings (SSSR count). The quantitative estimate of drug-likeness (QED) is 0.663. The summed E-state index contributed by atoms with van der Waals surface area (Å²) < 4.78 is 26.5. The number of benzene rings is 2. The summed E-state index contributed by atoms with van der Waals surface area (Å²) in [6, 6.07) is 9.83. The Morgan fingerprint density at radius 2 is 1.32 bits per heavy atom. The molecular weight excluding hydrogens is 314 g/mol. The molecule has 0 aliphatic heterocycles.